The van der Waals surface area contributed by atoms with E-state index in [4.69, 9.17) is 21.1 Å². The predicted molar refractivity (Wildman–Crippen MR) is 117 cm³/mol. The Kier molecular flexibility index (Phi) is 7.56. The van der Waals surface area contributed by atoms with Gasteiger partial charge < -0.3 is 9.47 Å². The Morgan fingerprint density at radius 3 is 2.39 bits per heavy atom. The lowest BCUT2D eigenvalue weighted by Gasteiger charge is -2.08. The zero-order valence-corrected chi connectivity index (χ0v) is 17.0. The number of hydrogen-bond donors (Lipinski definition) is 1. The largest absolute Gasteiger partial charge is 0.489 e. The molecule has 1 amide bonds. The topological polar surface area (TPSA) is 103 Å². The third-order valence-corrected chi connectivity index (χ3v) is 4.33. The van der Waals surface area contributed by atoms with E-state index in [9.17, 15) is 14.9 Å². The maximum atomic E-state index is 11.9. The van der Waals surface area contributed by atoms with Crippen LogP contribution in [0.1, 0.15) is 11.1 Å². The molecule has 1 N–H and O–H groups in total. The molecule has 158 valence electrons. The first-order chi connectivity index (χ1) is 15.0. The molecule has 0 aliphatic heterocycles. The van der Waals surface area contributed by atoms with Crippen molar-refractivity contribution in [2.24, 2.45) is 5.10 Å². The normalized spacial score (nSPS) is 10.6. The molecule has 3 aromatic rings. The summed E-state index contributed by atoms with van der Waals surface area (Å²) in [6, 6.07) is 20.9. The number of benzene rings is 3. The van der Waals surface area contributed by atoms with Crippen molar-refractivity contribution >= 4 is 29.4 Å². The molecule has 0 aliphatic carbocycles. The number of nitrogens with one attached hydrogen (secondary N) is 1. The van der Waals surface area contributed by atoms with Crippen molar-refractivity contribution in [3.8, 4) is 11.5 Å². The first kappa shape index (κ1) is 21.8. The van der Waals surface area contributed by atoms with Crippen LogP contribution in [0.25, 0.3) is 0 Å². The lowest BCUT2D eigenvalue weighted by atomic mass is 10.2. The SMILES string of the molecule is O=C(COc1ccc(OCc2ccccc2)cc1)N/N=C/c1ccc(Cl)c([N+](=O)[O-])c1. The number of halogens is 1. The standard InChI is InChI=1S/C22H18ClN3O5/c23-20-11-6-17(12-21(20)26(28)29)13-24-25-22(27)15-31-19-9-7-18(8-10-19)30-14-16-4-2-1-3-5-16/h1-13H,14-15H2,(H,25,27)/b24-13+. The fraction of sp³-hybridized carbons (Fsp3) is 0.0909. The van der Waals surface area contributed by atoms with Gasteiger partial charge in [0.05, 0.1) is 11.1 Å². The molecule has 0 heterocycles. The van der Waals surface area contributed by atoms with Gasteiger partial charge in [-0.3, -0.25) is 14.9 Å². The Bertz CT molecular complexity index is 1070. The van der Waals surface area contributed by atoms with Crippen molar-refractivity contribution in [1.29, 1.82) is 0 Å². The smallest absolute Gasteiger partial charge is 0.288 e. The number of carbonyl (C=O) groups excluding carboxylic acids is 1. The minimum absolute atomic E-state index is 0.0241. The zero-order valence-electron chi connectivity index (χ0n) is 16.2. The van der Waals surface area contributed by atoms with Gasteiger partial charge in [-0.05, 0) is 35.9 Å². The molecule has 0 saturated carbocycles. The number of rotatable bonds is 9. The van der Waals surface area contributed by atoms with E-state index >= 15 is 0 Å². The van der Waals surface area contributed by atoms with Crippen molar-refractivity contribution in [3.63, 3.8) is 0 Å². The molecule has 3 aromatic carbocycles. The lowest BCUT2D eigenvalue weighted by Crippen LogP contribution is -2.24. The van der Waals surface area contributed by atoms with Gasteiger partial charge in [0.2, 0.25) is 0 Å². The van der Waals surface area contributed by atoms with E-state index in [0.29, 0.717) is 23.7 Å². The summed E-state index contributed by atoms with van der Waals surface area (Å²) in [5, 5.41) is 14.7. The Labute approximate surface area is 183 Å². The highest BCUT2D eigenvalue weighted by molar-refractivity contribution is 6.32. The fourth-order valence-corrected chi connectivity index (χ4v) is 2.67. The minimum Gasteiger partial charge on any atom is -0.489 e. The van der Waals surface area contributed by atoms with Crippen LogP contribution in [0.4, 0.5) is 5.69 Å². The summed E-state index contributed by atoms with van der Waals surface area (Å²) >= 11 is 5.75. The van der Waals surface area contributed by atoms with Crippen LogP contribution in [0.15, 0.2) is 77.9 Å². The molecule has 0 spiro atoms. The second kappa shape index (κ2) is 10.7. The molecule has 0 aromatic heterocycles. The van der Waals surface area contributed by atoms with Gasteiger partial charge >= 0.3 is 0 Å². The highest BCUT2D eigenvalue weighted by Gasteiger charge is 2.11. The zero-order chi connectivity index (χ0) is 22.1. The summed E-state index contributed by atoms with van der Waals surface area (Å²) in [7, 11) is 0. The number of nitrogens with zero attached hydrogens (tertiary/aromatic N) is 2. The molecule has 0 aliphatic rings. The molecule has 0 radical (unpaired) electrons. The van der Waals surface area contributed by atoms with Gasteiger partial charge in [0.15, 0.2) is 6.61 Å². The highest BCUT2D eigenvalue weighted by Crippen LogP contribution is 2.24. The maximum absolute atomic E-state index is 11.9. The van der Waals surface area contributed by atoms with Crippen molar-refractivity contribution in [3.05, 3.63) is 99.1 Å². The number of nitro groups is 1. The second-order valence-electron chi connectivity index (χ2n) is 6.30. The molecule has 9 heteroatoms. The van der Waals surface area contributed by atoms with Crippen LogP contribution in [0.2, 0.25) is 5.02 Å². The van der Waals surface area contributed by atoms with Crippen molar-refractivity contribution in [1.82, 2.24) is 5.43 Å². The Morgan fingerprint density at radius 1 is 1.03 bits per heavy atom. The van der Waals surface area contributed by atoms with Crippen LogP contribution in [0, 0.1) is 10.1 Å². The Balaban J connectivity index is 1.43. The average molecular weight is 440 g/mol. The van der Waals surface area contributed by atoms with E-state index in [0.717, 1.165) is 5.56 Å². The van der Waals surface area contributed by atoms with Gasteiger partial charge in [-0.1, -0.05) is 48.0 Å². The first-order valence-corrected chi connectivity index (χ1v) is 9.54. The first-order valence-electron chi connectivity index (χ1n) is 9.17. The summed E-state index contributed by atoms with van der Waals surface area (Å²) in [6.07, 6.45) is 1.28. The summed E-state index contributed by atoms with van der Waals surface area (Å²) < 4.78 is 11.1. The molecule has 0 unspecified atom stereocenters. The number of amides is 1. The highest BCUT2D eigenvalue weighted by atomic mass is 35.5. The van der Waals surface area contributed by atoms with Crippen LogP contribution in [-0.4, -0.2) is 23.7 Å². The van der Waals surface area contributed by atoms with Gasteiger partial charge in [-0.15, -0.1) is 0 Å². The maximum Gasteiger partial charge on any atom is 0.288 e. The lowest BCUT2D eigenvalue weighted by molar-refractivity contribution is -0.384. The average Bonchev–Trinajstić information content (AvgIpc) is 2.78. The number of hydrazone groups is 1. The third kappa shape index (κ3) is 6.83. The molecule has 0 saturated heterocycles. The van der Waals surface area contributed by atoms with Gasteiger partial charge in [0, 0.05) is 11.6 Å². The summed E-state index contributed by atoms with van der Waals surface area (Å²) in [5.74, 6) is 0.700. The fourth-order valence-electron chi connectivity index (χ4n) is 2.48. The van der Waals surface area contributed by atoms with Crippen LogP contribution in [0.3, 0.4) is 0 Å². The Hall–Kier alpha value is -3.91. The van der Waals surface area contributed by atoms with Crippen LogP contribution in [-0.2, 0) is 11.4 Å². The number of nitro benzene ring substituents is 1. The molecule has 0 bridgehead atoms. The molecule has 0 atom stereocenters. The van der Waals surface area contributed by atoms with E-state index < -0.39 is 10.8 Å². The van der Waals surface area contributed by atoms with E-state index in [-0.39, 0.29) is 17.3 Å². The summed E-state index contributed by atoms with van der Waals surface area (Å²) in [4.78, 5) is 22.1. The van der Waals surface area contributed by atoms with Crippen molar-refractivity contribution in [2.45, 2.75) is 6.61 Å². The number of hydrogen-bond acceptors (Lipinski definition) is 6. The Morgan fingerprint density at radius 2 is 1.71 bits per heavy atom. The van der Waals surface area contributed by atoms with Gasteiger partial charge in [0.25, 0.3) is 11.6 Å². The van der Waals surface area contributed by atoms with Crippen LogP contribution in [0.5, 0.6) is 11.5 Å². The van der Waals surface area contributed by atoms with Crippen molar-refractivity contribution in [2.75, 3.05) is 6.61 Å². The van der Waals surface area contributed by atoms with E-state index in [1.54, 1.807) is 30.3 Å². The molecule has 0 fully saturated rings. The molecule has 8 nitrogen and oxygen atoms in total. The van der Waals surface area contributed by atoms with Gasteiger partial charge in [-0.2, -0.15) is 5.10 Å². The minimum atomic E-state index is -0.593. The van der Waals surface area contributed by atoms with Crippen LogP contribution < -0.4 is 14.9 Å². The monoisotopic (exact) mass is 439 g/mol. The van der Waals surface area contributed by atoms with Gasteiger partial charge in [-0.25, -0.2) is 5.43 Å². The van der Waals surface area contributed by atoms with Crippen LogP contribution >= 0.6 is 11.6 Å². The third-order valence-electron chi connectivity index (χ3n) is 4.01. The quantitative estimate of drug-likeness (QED) is 0.303. The van der Waals surface area contributed by atoms with E-state index in [1.165, 1.54) is 18.3 Å². The predicted octanol–water partition coefficient (Wildman–Crippen LogP) is 4.36. The van der Waals surface area contributed by atoms with Gasteiger partial charge in [0.1, 0.15) is 23.1 Å². The molecule has 31 heavy (non-hydrogen) atoms. The second-order valence-corrected chi connectivity index (χ2v) is 6.70. The summed E-state index contributed by atoms with van der Waals surface area (Å²) in [6.45, 7) is 0.209. The molecule has 3 rings (SSSR count). The number of carbonyl (C=O) groups is 1. The number of ether oxygens (including phenoxy) is 2. The van der Waals surface area contributed by atoms with E-state index in [1.807, 2.05) is 30.3 Å². The molecular formula is C22H18ClN3O5. The van der Waals surface area contributed by atoms with Crippen molar-refractivity contribution < 1.29 is 19.2 Å². The summed E-state index contributed by atoms with van der Waals surface area (Å²) in [5.41, 5.74) is 3.54. The van der Waals surface area contributed by atoms with E-state index in [2.05, 4.69) is 10.5 Å². The molecular weight excluding hydrogens is 422 g/mol.